The van der Waals surface area contributed by atoms with Gasteiger partial charge in [-0.2, -0.15) is 0 Å². The zero-order chi connectivity index (χ0) is 13.4. The number of rotatable bonds is 8. The summed E-state index contributed by atoms with van der Waals surface area (Å²) in [6, 6.07) is -0.715. The minimum atomic E-state index is -0.924. The van der Waals surface area contributed by atoms with Crippen molar-refractivity contribution in [2.75, 3.05) is 26.2 Å². The highest BCUT2D eigenvalue weighted by atomic mass is 16.4. The Morgan fingerprint density at radius 2 is 2.00 bits per heavy atom. The minimum absolute atomic E-state index is 0.0671. The second kappa shape index (κ2) is 8.05. The van der Waals surface area contributed by atoms with E-state index in [0.29, 0.717) is 6.54 Å². The van der Waals surface area contributed by atoms with Crippen LogP contribution in [-0.4, -0.2) is 54.1 Å². The average Bonchev–Trinajstić information content (AvgIpc) is 2.84. The van der Waals surface area contributed by atoms with E-state index in [1.54, 1.807) is 0 Å². The zero-order valence-electron chi connectivity index (χ0n) is 10.7. The van der Waals surface area contributed by atoms with Crippen LogP contribution in [0.2, 0.25) is 0 Å². The summed E-state index contributed by atoms with van der Waals surface area (Å²) in [5.41, 5.74) is 5.58. The molecule has 0 bridgehead atoms. The molecule has 0 radical (unpaired) electrons. The van der Waals surface area contributed by atoms with Gasteiger partial charge < -0.3 is 21.1 Å². The predicted molar refractivity (Wildman–Crippen MR) is 68.1 cm³/mol. The number of hydrogen-bond acceptors (Lipinski definition) is 4. The summed E-state index contributed by atoms with van der Waals surface area (Å²) in [6.45, 7) is 3.93. The predicted octanol–water partition coefficient (Wildman–Crippen LogP) is -0.219. The van der Waals surface area contributed by atoms with Crippen LogP contribution < -0.4 is 11.1 Å². The minimum Gasteiger partial charge on any atom is -0.481 e. The Kier molecular flexibility index (Phi) is 6.67. The molecule has 1 unspecified atom stereocenters. The Bertz CT molecular complexity index is 278. The zero-order valence-corrected chi connectivity index (χ0v) is 10.7. The fourth-order valence-electron chi connectivity index (χ4n) is 2.06. The van der Waals surface area contributed by atoms with Gasteiger partial charge in [0.25, 0.3) is 0 Å². The summed E-state index contributed by atoms with van der Waals surface area (Å²) < 4.78 is 0. The molecule has 1 amide bonds. The number of amides is 1. The van der Waals surface area contributed by atoms with Crippen molar-refractivity contribution in [3.05, 3.63) is 0 Å². The van der Waals surface area contributed by atoms with E-state index >= 15 is 0 Å². The molecule has 1 aliphatic heterocycles. The van der Waals surface area contributed by atoms with Crippen LogP contribution in [0.3, 0.4) is 0 Å². The number of carbonyl (C=O) groups is 2. The first-order valence-corrected chi connectivity index (χ1v) is 6.57. The van der Waals surface area contributed by atoms with Crippen molar-refractivity contribution in [1.82, 2.24) is 10.2 Å². The Morgan fingerprint density at radius 3 is 2.61 bits per heavy atom. The lowest BCUT2D eigenvalue weighted by Gasteiger charge is -2.15. The number of carboxylic acid groups (broad SMARTS) is 1. The van der Waals surface area contributed by atoms with Crippen LogP contribution in [0, 0.1) is 0 Å². The Labute approximate surface area is 108 Å². The summed E-state index contributed by atoms with van der Waals surface area (Å²) in [7, 11) is 0. The fourth-order valence-corrected chi connectivity index (χ4v) is 2.06. The first-order chi connectivity index (χ1) is 8.59. The molecule has 1 heterocycles. The molecule has 0 aromatic heterocycles. The lowest BCUT2D eigenvalue weighted by Crippen LogP contribution is -2.41. The quantitative estimate of drug-likeness (QED) is 0.522. The van der Waals surface area contributed by atoms with Gasteiger partial charge in [0.05, 0.1) is 6.04 Å². The lowest BCUT2D eigenvalue weighted by atomic mass is 10.1. The molecule has 1 rings (SSSR count). The van der Waals surface area contributed by atoms with Crippen molar-refractivity contribution >= 4 is 11.9 Å². The molecular weight excluding hydrogens is 234 g/mol. The van der Waals surface area contributed by atoms with Crippen LogP contribution >= 0.6 is 0 Å². The molecule has 0 aliphatic carbocycles. The van der Waals surface area contributed by atoms with Crippen LogP contribution in [0.5, 0.6) is 0 Å². The van der Waals surface area contributed by atoms with Gasteiger partial charge in [0.1, 0.15) is 0 Å². The first kappa shape index (κ1) is 14.9. The van der Waals surface area contributed by atoms with Crippen molar-refractivity contribution in [2.45, 2.75) is 38.1 Å². The molecule has 0 aromatic rings. The molecule has 0 aromatic carbocycles. The van der Waals surface area contributed by atoms with Crippen LogP contribution in [0.25, 0.3) is 0 Å². The van der Waals surface area contributed by atoms with Crippen molar-refractivity contribution in [3.8, 4) is 0 Å². The van der Waals surface area contributed by atoms with E-state index < -0.39 is 12.0 Å². The highest BCUT2D eigenvalue weighted by molar-refractivity contribution is 5.82. The first-order valence-electron chi connectivity index (χ1n) is 6.57. The van der Waals surface area contributed by atoms with Gasteiger partial charge in [-0.15, -0.1) is 0 Å². The topological polar surface area (TPSA) is 95.7 Å². The molecule has 18 heavy (non-hydrogen) atoms. The van der Waals surface area contributed by atoms with E-state index in [-0.39, 0.29) is 18.7 Å². The third kappa shape index (κ3) is 5.97. The maximum Gasteiger partial charge on any atom is 0.303 e. The van der Waals surface area contributed by atoms with E-state index in [1.165, 1.54) is 12.8 Å². The maximum atomic E-state index is 11.5. The smallest absolute Gasteiger partial charge is 0.303 e. The molecule has 1 saturated heterocycles. The second-order valence-corrected chi connectivity index (χ2v) is 4.73. The second-order valence-electron chi connectivity index (χ2n) is 4.73. The van der Waals surface area contributed by atoms with Crippen LogP contribution in [0.1, 0.15) is 32.1 Å². The van der Waals surface area contributed by atoms with Gasteiger partial charge in [0.15, 0.2) is 0 Å². The van der Waals surface area contributed by atoms with Gasteiger partial charge in [-0.3, -0.25) is 9.59 Å². The summed E-state index contributed by atoms with van der Waals surface area (Å²) in [5, 5.41) is 11.2. The number of carboxylic acids is 1. The average molecular weight is 257 g/mol. The Morgan fingerprint density at radius 1 is 1.33 bits per heavy atom. The van der Waals surface area contributed by atoms with Gasteiger partial charge in [0, 0.05) is 13.0 Å². The number of carbonyl (C=O) groups excluding carboxylic acids is 1. The highest BCUT2D eigenvalue weighted by Gasteiger charge is 2.15. The third-order valence-electron chi connectivity index (χ3n) is 3.16. The summed E-state index contributed by atoms with van der Waals surface area (Å²) in [6.07, 6.45) is 3.58. The standard InChI is InChI=1S/C12H23N3O3/c13-10(4-5-11(16)17)12(18)14-6-3-9-15-7-1-2-8-15/h10H,1-9,13H2,(H,14,18)(H,16,17). The monoisotopic (exact) mass is 257 g/mol. The van der Waals surface area contributed by atoms with E-state index in [1.807, 2.05) is 0 Å². The summed E-state index contributed by atoms with van der Waals surface area (Å²) >= 11 is 0. The van der Waals surface area contributed by atoms with Gasteiger partial charge in [-0.25, -0.2) is 0 Å². The SMILES string of the molecule is NC(CCC(=O)O)C(=O)NCCCN1CCCC1. The van der Waals surface area contributed by atoms with Crippen molar-refractivity contribution in [3.63, 3.8) is 0 Å². The number of aliphatic carboxylic acids is 1. The fraction of sp³-hybridized carbons (Fsp3) is 0.833. The van der Waals surface area contributed by atoms with Crippen molar-refractivity contribution in [2.24, 2.45) is 5.73 Å². The highest BCUT2D eigenvalue weighted by Crippen LogP contribution is 2.06. The van der Waals surface area contributed by atoms with E-state index in [0.717, 1.165) is 26.1 Å². The normalized spacial score (nSPS) is 17.6. The molecule has 0 saturated carbocycles. The molecular formula is C12H23N3O3. The van der Waals surface area contributed by atoms with Crippen molar-refractivity contribution < 1.29 is 14.7 Å². The number of nitrogens with zero attached hydrogens (tertiary/aromatic N) is 1. The van der Waals surface area contributed by atoms with Crippen molar-refractivity contribution in [1.29, 1.82) is 0 Å². The van der Waals surface area contributed by atoms with Crippen LogP contribution in [0.4, 0.5) is 0 Å². The largest absolute Gasteiger partial charge is 0.481 e. The maximum absolute atomic E-state index is 11.5. The number of hydrogen-bond donors (Lipinski definition) is 3. The molecule has 6 heteroatoms. The summed E-state index contributed by atoms with van der Waals surface area (Å²) in [4.78, 5) is 24.2. The van der Waals surface area contributed by atoms with Crippen LogP contribution in [0.15, 0.2) is 0 Å². The molecule has 0 spiro atoms. The molecule has 1 atom stereocenters. The molecule has 1 fully saturated rings. The third-order valence-corrected chi connectivity index (χ3v) is 3.16. The van der Waals surface area contributed by atoms with Crippen LogP contribution in [-0.2, 0) is 9.59 Å². The number of nitrogens with two attached hydrogens (primary N) is 1. The molecule has 1 aliphatic rings. The van der Waals surface area contributed by atoms with Gasteiger partial charge in [-0.05, 0) is 45.3 Å². The van der Waals surface area contributed by atoms with E-state index in [4.69, 9.17) is 10.8 Å². The summed E-state index contributed by atoms with van der Waals surface area (Å²) in [5.74, 6) is -1.18. The van der Waals surface area contributed by atoms with Gasteiger partial charge in [-0.1, -0.05) is 0 Å². The van der Waals surface area contributed by atoms with Gasteiger partial charge >= 0.3 is 5.97 Å². The molecule has 4 N–H and O–H groups in total. The number of likely N-dealkylation sites (tertiary alicyclic amines) is 1. The lowest BCUT2D eigenvalue weighted by molar-refractivity contribution is -0.137. The van der Waals surface area contributed by atoms with E-state index in [9.17, 15) is 9.59 Å². The molecule has 104 valence electrons. The van der Waals surface area contributed by atoms with E-state index in [2.05, 4.69) is 10.2 Å². The van der Waals surface area contributed by atoms with Gasteiger partial charge in [0.2, 0.25) is 5.91 Å². The molecule has 6 nitrogen and oxygen atoms in total. The number of nitrogens with one attached hydrogen (secondary N) is 1. The Hall–Kier alpha value is -1.14. The Balaban J connectivity index is 2.02.